The van der Waals surface area contributed by atoms with Gasteiger partial charge in [0.25, 0.3) is 9.05 Å². The van der Waals surface area contributed by atoms with Crippen LogP contribution in [0.4, 0.5) is 0 Å². The molecule has 1 aromatic rings. The van der Waals surface area contributed by atoms with Gasteiger partial charge in [-0.2, -0.15) is 0 Å². The summed E-state index contributed by atoms with van der Waals surface area (Å²) in [6.45, 7) is 7.94. The Kier molecular flexibility index (Phi) is 3.73. The zero-order chi connectivity index (χ0) is 16.3. The van der Waals surface area contributed by atoms with Crippen molar-refractivity contribution in [2.24, 2.45) is 10.8 Å². The second-order valence-electron chi connectivity index (χ2n) is 6.41. The maximum atomic E-state index is 12.4. The molecule has 0 bridgehead atoms. The van der Waals surface area contributed by atoms with Crippen LogP contribution in [0.3, 0.4) is 0 Å². The topological polar surface area (TPSA) is 80.3 Å². The molecule has 8 heteroatoms. The molecule has 0 saturated heterocycles. The highest BCUT2D eigenvalue weighted by atomic mass is 35.7. The van der Waals surface area contributed by atoms with Gasteiger partial charge in [0, 0.05) is 16.7 Å². The molecule has 5 nitrogen and oxygen atoms in total. The van der Waals surface area contributed by atoms with Crippen LogP contribution in [0.5, 0.6) is 0 Å². The highest BCUT2D eigenvalue weighted by molar-refractivity contribution is 8.13. The van der Waals surface area contributed by atoms with Crippen LogP contribution in [0.25, 0.3) is 0 Å². The van der Waals surface area contributed by atoms with Crippen molar-refractivity contribution < 1.29 is 16.8 Å². The zero-order valence-electron chi connectivity index (χ0n) is 12.2. The van der Waals surface area contributed by atoms with Gasteiger partial charge in [0.15, 0.2) is 0 Å². The van der Waals surface area contributed by atoms with Gasteiger partial charge in [0.05, 0.1) is 9.79 Å². The first kappa shape index (κ1) is 16.7. The molecule has 1 aliphatic rings. The predicted octanol–water partition coefficient (Wildman–Crippen LogP) is 2.33. The highest BCUT2D eigenvalue weighted by Crippen LogP contribution is 2.62. The van der Waals surface area contributed by atoms with Crippen molar-refractivity contribution in [3.05, 3.63) is 24.3 Å². The Morgan fingerprint density at radius 1 is 1.00 bits per heavy atom. The minimum atomic E-state index is -3.96. The summed E-state index contributed by atoms with van der Waals surface area (Å²) in [5, 5.41) is 0. The summed E-state index contributed by atoms with van der Waals surface area (Å²) in [5.74, 6) is 0. The third-order valence-corrected chi connectivity index (χ3v) is 7.46. The van der Waals surface area contributed by atoms with E-state index in [-0.39, 0.29) is 26.7 Å². The largest absolute Gasteiger partial charge is 0.261 e. The maximum Gasteiger partial charge on any atom is 0.261 e. The fourth-order valence-corrected chi connectivity index (χ4v) is 4.95. The molecule has 1 aromatic carbocycles. The third-order valence-electron chi connectivity index (χ3n) is 4.69. The van der Waals surface area contributed by atoms with Crippen molar-refractivity contribution >= 4 is 29.8 Å². The molecule has 0 heterocycles. The summed E-state index contributed by atoms with van der Waals surface area (Å²) in [5.41, 5.74) is -0.313. The van der Waals surface area contributed by atoms with Crippen molar-refractivity contribution in [1.82, 2.24) is 4.72 Å². The van der Waals surface area contributed by atoms with Gasteiger partial charge in [-0.1, -0.05) is 33.8 Å². The molecule has 0 radical (unpaired) electrons. The molecule has 1 N–H and O–H groups in total. The molecule has 1 fully saturated rings. The Morgan fingerprint density at radius 2 is 1.48 bits per heavy atom. The molecular formula is C13H18ClNO4S2. The zero-order valence-corrected chi connectivity index (χ0v) is 14.6. The molecule has 0 unspecified atom stereocenters. The van der Waals surface area contributed by atoms with Gasteiger partial charge >= 0.3 is 0 Å². The summed E-state index contributed by atoms with van der Waals surface area (Å²) in [6.07, 6.45) is 0. The van der Waals surface area contributed by atoms with E-state index < -0.39 is 19.1 Å². The maximum absolute atomic E-state index is 12.4. The van der Waals surface area contributed by atoms with Crippen LogP contribution in [-0.2, 0) is 19.1 Å². The van der Waals surface area contributed by atoms with E-state index in [0.717, 1.165) is 6.07 Å². The van der Waals surface area contributed by atoms with Gasteiger partial charge in [-0.25, -0.2) is 21.6 Å². The molecule has 2 rings (SSSR count). The fraction of sp³-hybridized carbons (Fsp3) is 0.538. The normalized spacial score (nSPS) is 21.2. The first-order chi connectivity index (χ1) is 9.30. The number of hydrogen-bond acceptors (Lipinski definition) is 4. The molecule has 0 aromatic heterocycles. The summed E-state index contributed by atoms with van der Waals surface area (Å²) < 4.78 is 50.0. The number of halogens is 1. The number of nitrogens with one attached hydrogen (secondary N) is 1. The quantitative estimate of drug-likeness (QED) is 0.844. The lowest BCUT2D eigenvalue weighted by Gasteiger charge is -2.09. The van der Waals surface area contributed by atoms with Gasteiger partial charge in [-0.05, 0) is 29.0 Å². The minimum Gasteiger partial charge on any atom is -0.207 e. The molecule has 0 spiro atoms. The van der Waals surface area contributed by atoms with Crippen LogP contribution in [0.15, 0.2) is 34.1 Å². The van der Waals surface area contributed by atoms with Gasteiger partial charge < -0.3 is 0 Å². The standard InChI is InChI=1S/C13H18ClNO4S2/c1-12(2)11(13(12,3)4)15-21(18,19)10-7-5-6-9(8-10)20(14,16)17/h5-8,11,15H,1-4H3. The van der Waals surface area contributed by atoms with Crippen molar-refractivity contribution in [3.8, 4) is 0 Å². The molecule has 0 atom stereocenters. The van der Waals surface area contributed by atoms with E-state index in [0.29, 0.717) is 0 Å². The molecule has 118 valence electrons. The van der Waals surface area contributed by atoms with E-state index in [4.69, 9.17) is 10.7 Å². The summed E-state index contributed by atoms with van der Waals surface area (Å²) in [7, 11) is -2.51. The average molecular weight is 352 g/mol. The van der Waals surface area contributed by atoms with E-state index in [1.54, 1.807) is 0 Å². The first-order valence-corrected chi connectivity index (χ1v) is 10.2. The molecule has 1 aliphatic carbocycles. The van der Waals surface area contributed by atoms with Gasteiger partial charge in [-0.15, -0.1) is 0 Å². The van der Waals surface area contributed by atoms with Crippen LogP contribution >= 0.6 is 10.7 Å². The Hall–Kier alpha value is -0.630. The van der Waals surface area contributed by atoms with Gasteiger partial charge in [-0.3, -0.25) is 0 Å². The van der Waals surface area contributed by atoms with Crippen molar-refractivity contribution in [1.29, 1.82) is 0 Å². The van der Waals surface area contributed by atoms with Crippen molar-refractivity contribution in [2.75, 3.05) is 0 Å². The lowest BCUT2D eigenvalue weighted by Crippen LogP contribution is -2.30. The van der Waals surface area contributed by atoms with Crippen molar-refractivity contribution in [3.63, 3.8) is 0 Å². The van der Waals surface area contributed by atoms with Crippen LogP contribution < -0.4 is 4.72 Å². The van der Waals surface area contributed by atoms with E-state index in [9.17, 15) is 16.8 Å². The molecule has 0 amide bonds. The average Bonchev–Trinajstić information content (AvgIpc) is 2.70. The number of benzene rings is 1. The molecule has 1 saturated carbocycles. The lowest BCUT2D eigenvalue weighted by atomic mass is 10.0. The Bertz CT molecular complexity index is 768. The monoisotopic (exact) mass is 351 g/mol. The van der Waals surface area contributed by atoms with Crippen LogP contribution in [-0.4, -0.2) is 22.9 Å². The summed E-state index contributed by atoms with van der Waals surface area (Å²) in [4.78, 5) is -0.343. The van der Waals surface area contributed by atoms with Gasteiger partial charge in [0.1, 0.15) is 0 Å². The fourth-order valence-electron chi connectivity index (χ4n) is 2.51. The van der Waals surface area contributed by atoms with Crippen LogP contribution in [0.1, 0.15) is 27.7 Å². The van der Waals surface area contributed by atoms with E-state index in [1.807, 2.05) is 27.7 Å². The molecule has 0 aliphatic heterocycles. The number of hydrogen-bond donors (Lipinski definition) is 1. The smallest absolute Gasteiger partial charge is 0.207 e. The predicted molar refractivity (Wildman–Crippen MR) is 81.2 cm³/mol. The molecular weight excluding hydrogens is 334 g/mol. The number of rotatable bonds is 4. The summed E-state index contributed by atoms with van der Waals surface area (Å²) in [6, 6.07) is 4.81. The van der Waals surface area contributed by atoms with E-state index in [2.05, 4.69) is 4.72 Å². The van der Waals surface area contributed by atoms with Crippen LogP contribution in [0.2, 0.25) is 0 Å². The van der Waals surface area contributed by atoms with E-state index in [1.165, 1.54) is 18.2 Å². The summed E-state index contributed by atoms with van der Waals surface area (Å²) >= 11 is 0. The van der Waals surface area contributed by atoms with E-state index >= 15 is 0 Å². The Morgan fingerprint density at radius 3 is 1.90 bits per heavy atom. The third kappa shape index (κ3) is 2.84. The van der Waals surface area contributed by atoms with Gasteiger partial charge in [0.2, 0.25) is 10.0 Å². The minimum absolute atomic E-state index is 0.109. The second kappa shape index (κ2) is 4.68. The first-order valence-electron chi connectivity index (χ1n) is 6.37. The SMILES string of the molecule is CC1(C)C(NS(=O)(=O)c2cccc(S(=O)(=O)Cl)c2)C1(C)C. The highest BCUT2D eigenvalue weighted by Gasteiger charge is 2.66. The Labute approximate surface area is 130 Å². The van der Waals surface area contributed by atoms with Crippen molar-refractivity contribution in [2.45, 2.75) is 43.5 Å². The second-order valence-corrected chi connectivity index (χ2v) is 10.7. The van der Waals surface area contributed by atoms with Crippen LogP contribution in [0, 0.1) is 10.8 Å². The molecule has 21 heavy (non-hydrogen) atoms. The number of sulfonamides is 1. The Balaban J connectivity index is 2.35. The lowest BCUT2D eigenvalue weighted by molar-refractivity contribution is 0.457.